The van der Waals surface area contributed by atoms with Crippen LogP contribution in [-0.2, 0) is 0 Å². The first-order chi connectivity index (χ1) is 8.20. The van der Waals surface area contributed by atoms with E-state index in [1.165, 1.54) is 17.6 Å². The number of nitrogens with zero attached hydrogens (tertiary/aromatic N) is 2. The lowest BCUT2D eigenvalue weighted by Gasteiger charge is -2.16. The van der Waals surface area contributed by atoms with Gasteiger partial charge in [-0.1, -0.05) is 17.5 Å². The number of halogens is 1. The number of benzene rings is 1. The standard InChI is InChI=1S/C12H14FN3S/c1-3-14-12(11-7-17-16-15-11)9-4-8(2)5-10(13)6-9/h4-7,12,14H,3H2,1-2H3. The molecule has 2 aromatic rings. The number of hydrogen-bond acceptors (Lipinski definition) is 4. The van der Waals surface area contributed by atoms with Crippen LogP contribution in [0.5, 0.6) is 0 Å². The molecule has 0 radical (unpaired) electrons. The summed E-state index contributed by atoms with van der Waals surface area (Å²) < 4.78 is 17.3. The van der Waals surface area contributed by atoms with Crippen molar-refractivity contribution in [1.82, 2.24) is 14.9 Å². The maximum atomic E-state index is 13.4. The van der Waals surface area contributed by atoms with Crippen LogP contribution in [0.3, 0.4) is 0 Å². The Morgan fingerprint density at radius 1 is 1.41 bits per heavy atom. The number of nitrogens with one attached hydrogen (secondary N) is 1. The van der Waals surface area contributed by atoms with Crippen molar-refractivity contribution in [1.29, 1.82) is 0 Å². The lowest BCUT2D eigenvalue weighted by Crippen LogP contribution is -2.22. The number of aromatic nitrogens is 2. The maximum Gasteiger partial charge on any atom is 0.123 e. The largest absolute Gasteiger partial charge is 0.305 e. The van der Waals surface area contributed by atoms with Crippen molar-refractivity contribution >= 4 is 11.5 Å². The highest BCUT2D eigenvalue weighted by Gasteiger charge is 2.16. The van der Waals surface area contributed by atoms with Crippen molar-refractivity contribution in [2.24, 2.45) is 0 Å². The van der Waals surface area contributed by atoms with Crippen molar-refractivity contribution in [2.75, 3.05) is 6.54 Å². The van der Waals surface area contributed by atoms with Crippen LogP contribution in [0.2, 0.25) is 0 Å². The molecule has 5 heteroatoms. The van der Waals surface area contributed by atoms with E-state index in [0.29, 0.717) is 0 Å². The molecule has 2 rings (SSSR count). The van der Waals surface area contributed by atoms with E-state index in [1.54, 1.807) is 6.07 Å². The monoisotopic (exact) mass is 251 g/mol. The Balaban J connectivity index is 2.38. The Kier molecular flexibility index (Phi) is 3.81. The van der Waals surface area contributed by atoms with Crippen molar-refractivity contribution in [3.63, 3.8) is 0 Å². The molecule has 0 aliphatic rings. The highest BCUT2D eigenvalue weighted by atomic mass is 32.1. The normalized spacial score (nSPS) is 12.6. The van der Waals surface area contributed by atoms with Crippen LogP contribution in [-0.4, -0.2) is 16.1 Å². The van der Waals surface area contributed by atoms with Crippen LogP contribution >= 0.6 is 11.5 Å². The third-order valence-corrected chi connectivity index (χ3v) is 3.00. The zero-order valence-electron chi connectivity index (χ0n) is 9.77. The van der Waals surface area contributed by atoms with Crippen molar-refractivity contribution in [3.8, 4) is 0 Å². The molecule has 0 aliphatic heterocycles. The summed E-state index contributed by atoms with van der Waals surface area (Å²) in [6.07, 6.45) is 0. The molecule has 1 aromatic carbocycles. The van der Waals surface area contributed by atoms with Crippen LogP contribution in [0.15, 0.2) is 23.6 Å². The van der Waals surface area contributed by atoms with E-state index in [0.717, 1.165) is 23.4 Å². The second-order valence-corrected chi connectivity index (χ2v) is 4.49. The molecule has 0 fully saturated rings. The van der Waals surface area contributed by atoms with Gasteiger partial charge in [0.2, 0.25) is 0 Å². The van der Waals surface area contributed by atoms with E-state index < -0.39 is 0 Å². The van der Waals surface area contributed by atoms with E-state index >= 15 is 0 Å². The fraction of sp³-hybridized carbons (Fsp3) is 0.333. The third-order valence-electron chi connectivity index (χ3n) is 2.48. The summed E-state index contributed by atoms with van der Waals surface area (Å²) in [5.41, 5.74) is 2.63. The van der Waals surface area contributed by atoms with Gasteiger partial charge >= 0.3 is 0 Å². The summed E-state index contributed by atoms with van der Waals surface area (Å²) in [4.78, 5) is 0. The van der Waals surface area contributed by atoms with E-state index in [9.17, 15) is 4.39 Å². The van der Waals surface area contributed by atoms with Gasteiger partial charge in [-0.2, -0.15) is 0 Å². The summed E-state index contributed by atoms with van der Waals surface area (Å²) in [6.45, 7) is 4.69. The molecule has 1 aromatic heterocycles. The lowest BCUT2D eigenvalue weighted by molar-refractivity contribution is 0.593. The number of aryl methyl sites for hydroxylation is 1. The average Bonchev–Trinajstić information content (AvgIpc) is 2.77. The molecule has 1 N–H and O–H groups in total. The Bertz CT molecular complexity index is 464. The zero-order valence-corrected chi connectivity index (χ0v) is 10.6. The summed E-state index contributed by atoms with van der Waals surface area (Å²) in [5.74, 6) is -0.217. The summed E-state index contributed by atoms with van der Waals surface area (Å²) >= 11 is 1.30. The zero-order chi connectivity index (χ0) is 12.3. The molecule has 0 aliphatic carbocycles. The van der Waals surface area contributed by atoms with Gasteiger partial charge in [0.15, 0.2) is 0 Å². The van der Waals surface area contributed by atoms with Gasteiger partial charge in [0.1, 0.15) is 5.82 Å². The minimum atomic E-state index is -0.217. The van der Waals surface area contributed by atoms with Crippen molar-refractivity contribution < 1.29 is 4.39 Å². The fourth-order valence-electron chi connectivity index (χ4n) is 1.83. The van der Waals surface area contributed by atoms with Gasteiger partial charge in [-0.25, -0.2) is 4.39 Å². The third kappa shape index (κ3) is 2.87. The average molecular weight is 251 g/mol. The summed E-state index contributed by atoms with van der Waals surface area (Å²) in [6, 6.07) is 4.94. The molecule has 0 spiro atoms. The first-order valence-corrected chi connectivity index (χ1v) is 6.31. The lowest BCUT2D eigenvalue weighted by atomic mass is 10.0. The van der Waals surface area contributed by atoms with Crippen LogP contribution in [0.1, 0.15) is 29.8 Å². The van der Waals surface area contributed by atoms with E-state index in [2.05, 4.69) is 14.9 Å². The van der Waals surface area contributed by atoms with E-state index in [4.69, 9.17) is 0 Å². The van der Waals surface area contributed by atoms with Crippen LogP contribution in [0, 0.1) is 12.7 Å². The van der Waals surface area contributed by atoms with Gasteiger partial charge in [-0.05, 0) is 48.3 Å². The maximum absolute atomic E-state index is 13.4. The highest BCUT2D eigenvalue weighted by Crippen LogP contribution is 2.22. The van der Waals surface area contributed by atoms with Gasteiger partial charge in [-0.3, -0.25) is 0 Å². The van der Waals surface area contributed by atoms with Crippen molar-refractivity contribution in [2.45, 2.75) is 19.9 Å². The Morgan fingerprint density at radius 2 is 2.24 bits per heavy atom. The molecule has 0 saturated heterocycles. The molecule has 1 atom stereocenters. The highest BCUT2D eigenvalue weighted by molar-refractivity contribution is 7.03. The second kappa shape index (κ2) is 5.33. The summed E-state index contributed by atoms with van der Waals surface area (Å²) in [5, 5.41) is 9.23. The SMILES string of the molecule is CCNC(c1cc(C)cc(F)c1)c1csnn1. The molecule has 0 amide bonds. The minimum absolute atomic E-state index is 0.0897. The molecule has 1 unspecified atom stereocenters. The molecule has 0 bridgehead atoms. The predicted molar refractivity (Wildman–Crippen MR) is 66.6 cm³/mol. The minimum Gasteiger partial charge on any atom is -0.305 e. The van der Waals surface area contributed by atoms with Gasteiger partial charge < -0.3 is 5.32 Å². The molecular formula is C12H14FN3S. The molecule has 3 nitrogen and oxygen atoms in total. The van der Waals surface area contributed by atoms with E-state index in [-0.39, 0.29) is 11.9 Å². The Labute approximate surface area is 104 Å². The van der Waals surface area contributed by atoms with Gasteiger partial charge in [-0.15, -0.1) is 5.10 Å². The van der Waals surface area contributed by atoms with Crippen LogP contribution in [0.25, 0.3) is 0 Å². The first-order valence-electron chi connectivity index (χ1n) is 5.48. The molecule has 17 heavy (non-hydrogen) atoms. The quantitative estimate of drug-likeness (QED) is 0.908. The van der Waals surface area contributed by atoms with Crippen LogP contribution < -0.4 is 5.32 Å². The Hall–Kier alpha value is -1.33. The molecular weight excluding hydrogens is 237 g/mol. The van der Waals surface area contributed by atoms with Gasteiger partial charge in [0.25, 0.3) is 0 Å². The molecule has 90 valence electrons. The van der Waals surface area contributed by atoms with Gasteiger partial charge in [0, 0.05) is 5.38 Å². The molecule has 0 saturated carbocycles. The fourth-order valence-corrected chi connectivity index (χ4v) is 2.31. The topological polar surface area (TPSA) is 37.8 Å². The van der Waals surface area contributed by atoms with Crippen molar-refractivity contribution in [3.05, 3.63) is 46.2 Å². The smallest absolute Gasteiger partial charge is 0.123 e. The summed E-state index contributed by atoms with van der Waals surface area (Å²) in [7, 11) is 0. The number of hydrogen-bond donors (Lipinski definition) is 1. The van der Waals surface area contributed by atoms with Gasteiger partial charge in [0.05, 0.1) is 11.7 Å². The first kappa shape index (κ1) is 12.1. The van der Waals surface area contributed by atoms with E-state index in [1.807, 2.05) is 25.3 Å². The Morgan fingerprint density at radius 3 is 2.82 bits per heavy atom. The van der Waals surface area contributed by atoms with Crippen LogP contribution in [0.4, 0.5) is 4.39 Å². The predicted octanol–water partition coefficient (Wildman–Crippen LogP) is 2.68. The number of rotatable bonds is 4. The second-order valence-electron chi connectivity index (χ2n) is 3.88. The molecule has 1 heterocycles.